The molecule has 0 heterocycles. The molecule has 0 saturated heterocycles. The number of carbonyl (C=O) groups is 2. The molecule has 2 aliphatic rings. The second-order valence-electron chi connectivity index (χ2n) is 10.4. The summed E-state index contributed by atoms with van der Waals surface area (Å²) in [5, 5.41) is 15.2. The second-order valence-corrected chi connectivity index (χ2v) is 10.4. The number of amides is 1. The highest BCUT2D eigenvalue weighted by molar-refractivity contribution is 5.80. The van der Waals surface area contributed by atoms with Gasteiger partial charge in [0, 0.05) is 12.1 Å². The predicted molar refractivity (Wildman–Crippen MR) is 134 cm³/mol. The Kier molecular flexibility index (Phi) is 12.4. The molecule has 1 atom stereocenters. The quantitative estimate of drug-likeness (QED) is 0.463. The van der Waals surface area contributed by atoms with E-state index >= 15 is 0 Å². The molecule has 7 nitrogen and oxygen atoms in total. The molecule has 1 aromatic rings. The molecule has 1 aromatic carbocycles. The van der Waals surface area contributed by atoms with Crippen LogP contribution in [0.15, 0.2) is 30.3 Å². The van der Waals surface area contributed by atoms with Crippen molar-refractivity contribution in [1.29, 1.82) is 0 Å². The summed E-state index contributed by atoms with van der Waals surface area (Å²) in [5.74, 6) is -1.17. The first-order chi connectivity index (χ1) is 16.2. The van der Waals surface area contributed by atoms with Crippen LogP contribution >= 0.6 is 0 Å². The Labute approximate surface area is 205 Å². The molecule has 0 aliphatic heterocycles. The Bertz CT molecular complexity index is 691. The lowest BCUT2D eigenvalue weighted by Gasteiger charge is -2.30. The van der Waals surface area contributed by atoms with Gasteiger partial charge in [-0.25, -0.2) is 9.59 Å². The largest absolute Gasteiger partial charge is 0.480 e. The van der Waals surface area contributed by atoms with Crippen LogP contribution in [0.3, 0.4) is 0 Å². The summed E-state index contributed by atoms with van der Waals surface area (Å²) in [6.45, 7) is 5.37. The topological polar surface area (TPSA) is 96.9 Å². The molecule has 1 unspecified atom stereocenters. The first kappa shape index (κ1) is 28.1. The van der Waals surface area contributed by atoms with Gasteiger partial charge in [0.1, 0.15) is 6.61 Å². The molecule has 2 aliphatic carbocycles. The van der Waals surface area contributed by atoms with Crippen LogP contribution in [-0.4, -0.2) is 47.5 Å². The zero-order valence-electron chi connectivity index (χ0n) is 21.2. The van der Waals surface area contributed by atoms with Gasteiger partial charge in [0.05, 0.1) is 12.2 Å². The molecule has 1 amide bonds. The van der Waals surface area contributed by atoms with Crippen LogP contribution < -0.4 is 10.6 Å². The predicted octanol–water partition coefficient (Wildman–Crippen LogP) is 5.42. The minimum absolute atomic E-state index is 0.0825. The van der Waals surface area contributed by atoms with Gasteiger partial charge in [0.15, 0.2) is 6.04 Å². The van der Waals surface area contributed by atoms with Gasteiger partial charge >= 0.3 is 12.1 Å². The van der Waals surface area contributed by atoms with E-state index in [2.05, 4.69) is 10.6 Å². The molecule has 0 spiro atoms. The Morgan fingerprint density at radius 2 is 1.47 bits per heavy atom. The van der Waals surface area contributed by atoms with Crippen molar-refractivity contribution in [3.05, 3.63) is 35.9 Å². The molecule has 2 fully saturated rings. The number of alkyl carbamates (subject to hydrolysis) is 1. The highest BCUT2D eigenvalue weighted by Gasteiger charge is 2.24. The minimum atomic E-state index is -1.17. The third-order valence-corrected chi connectivity index (χ3v) is 6.17. The van der Waals surface area contributed by atoms with E-state index < -0.39 is 23.7 Å². The van der Waals surface area contributed by atoms with Crippen molar-refractivity contribution in [3.63, 3.8) is 0 Å². The van der Waals surface area contributed by atoms with Crippen LogP contribution in [0.25, 0.3) is 0 Å². The number of carboxylic acid groups (broad SMARTS) is 1. The van der Waals surface area contributed by atoms with E-state index in [1.54, 1.807) is 20.8 Å². The summed E-state index contributed by atoms with van der Waals surface area (Å²) in [7, 11) is 0. The van der Waals surface area contributed by atoms with Gasteiger partial charge in [0.2, 0.25) is 0 Å². The Morgan fingerprint density at radius 3 is 1.94 bits per heavy atom. The van der Waals surface area contributed by atoms with Gasteiger partial charge in [-0.1, -0.05) is 68.9 Å². The van der Waals surface area contributed by atoms with E-state index in [0.717, 1.165) is 17.6 Å². The van der Waals surface area contributed by atoms with E-state index in [9.17, 15) is 9.59 Å². The van der Waals surface area contributed by atoms with Crippen LogP contribution in [0.5, 0.6) is 0 Å². The van der Waals surface area contributed by atoms with Crippen LogP contribution in [-0.2, 0) is 20.9 Å². The van der Waals surface area contributed by atoms with E-state index in [1.807, 2.05) is 30.3 Å². The number of carboxylic acids is 1. The first-order valence-electron chi connectivity index (χ1n) is 12.8. The average Bonchev–Trinajstić information content (AvgIpc) is 2.82. The molecule has 192 valence electrons. The average molecular weight is 477 g/mol. The molecule has 0 radical (unpaired) electrons. The number of benzene rings is 1. The third-order valence-electron chi connectivity index (χ3n) is 6.17. The summed E-state index contributed by atoms with van der Waals surface area (Å²) < 4.78 is 10.3. The normalized spacial score (nSPS) is 18.3. The van der Waals surface area contributed by atoms with Crippen molar-refractivity contribution in [1.82, 2.24) is 10.6 Å². The number of hydrogen-bond donors (Lipinski definition) is 3. The Balaban J connectivity index is 0.000000266. The molecule has 2 saturated carbocycles. The van der Waals surface area contributed by atoms with Crippen molar-refractivity contribution >= 4 is 12.1 Å². The molecule has 34 heavy (non-hydrogen) atoms. The highest BCUT2D eigenvalue weighted by Crippen LogP contribution is 2.22. The lowest BCUT2D eigenvalue weighted by molar-refractivity contribution is -0.142. The highest BCUT2D eigenvalue weighted by atomic mass is 16.5. The Morgan fingerprint density at radius 1 is 0.941 bits per heavy atom. The number of ether oxygens (including phenoxy) is 2. The van der Waals surface area contributed by atoms with E-state index in [-0.39, 0.29) is 13.2 Å². The number of rotatable bonds is 8. The molecule has 7 heteroatoms. The number of nitrogens with one attached hydrogen (secondary N) is 2. The smallest absolute Gasteiger partial charge is 0.408 e. The monoisotopic (exact) mass is 476 g/mol. The van der Waals surface area contributed by atoms with Crippen molar-refractivity contribution in [2.45, 2.75) is 115 Å². The first-order valence-corrected chi connectivity index (χ1v) is 12.8. The standard InChI is InChI=1S/C15H21NO5.C12H23N/c1-15(2,3)21-10-12(13(17)18)16-14(19)20-9-11-7-5-4-6-8-11;1-3-7-11(8-4-1)13-12-9-5-2-6-10-12/h4-8,12H,9-10H2,1-3H3,(H,16,19)(H,17,18);11-13H,1-10H2. The second kappa shape index (κ2) is 15.0. The fraction of sp³-hybridized carbons (Fsp3) is 0.704. The number of hydrogen-bond acceptors (Lipinski definition) is 5. The molecular formula is C27H44N2O5. The summed E-state index contributed by atoms with van der Waals surface area (Å²) >= 11 is 0. The molecular weight excluding hydrogens is 432 g/mol. The lowest BCUT2D eigenvalue weighted by Crippen LogP contribution is -2.45. The lowest BCUT2D eigenvalue weighted by atomic mass is 9.91. The maximum absolute atomic E-state index is 11.6. The van der Waals surface area contributed by atoms with Crippen LogP contribution in [0.2, 0.25) is 0 Å². The molecule has 0 bridgehead atoms. The molecule has 0 aromatic heterocycles. The fourth-order valence-electron chi connectivity index (χ4n) is 4.29. The summed E-state index contributed by atoms with van der Waals surface area (Å²) in [5.41, 5.74) is 0.342. The molecule has 3 N–H and O–H groups in total. The van der Waals surface area contributed by atoms with Crippen LogP contribution in [0, 0.1) is 0 Å². The van der Waals surface area contributed by atoms with Gasteiger partial charge < -0.3 is 25.2 Å². The third kappa shape index (κ3) is 12.4. The van der Waals surface area contributed by atoms with E-state index in [4.69, 9.17) is 14.6 Å². The zero-order chi connectivity index (χ0) is 24.8. The number of aliphatic carboxylic acids is 1. The van der Waals surface area contributed by atoms with Crippen LogP contribution in [0.1, 0.15) is 90.5 Å². The van der Waals surface area contributed by atoms with Crippen molar-refractivity contribution in [2.75, 3.05) is 6.61 Å². The number of carbonyl (C=O) groups excluding carboxylic acids is 1. The van der Waals surface area contributed by atoms with Crippen molar-refractivity contribution in [2.24, 2.45) is 0 Å². The fourth-order valence-corrected chi connectivity index (χ4v) is 4.29. The van der Waals surface area contributed by atoms with Gasteiger partial charge in [-0.3, -0.25) is 0 Å². The maximum Gasteiger partial charge on any atom is 0.408 e. The van der Waals surface area contributed by atoms with Gasteiger partial charge in [-0.2, -0.15) is 0 Å². The van der Waals surface area contributed by atoms with Gasteiger partial charge in [0.25, 0.3) is 0 Å². The van der Waals surface area contributed by atoms with Gasteiger partial charge in [-0.15, -0.1) is 0 Å². The zero-order valence-corrected chi connectivity index (χ0v) is 21.2. The maximum atomic E-state index is 11.6. The van der Waals surface area contributed by atoms with Gasteiger partial charge in [-0.05, 0) is 52.0 Å². The summed E-state index contributed by atoms with van der Waals surface area (Å²) in [6.07, 6.45) is 13.8. The van der Waals surface area contributed by atoms with Crippen molar-refractivity contribution < 1.29 is 24.2 Å². The minimum Gasteiger partial charge on any atom is -0.480 e. The SMILES string of the molecule is C1CCC(NC2CCCCC2)CC1.CC(C)(C)OCC(NC(=O)OCc1ccccc1)C(=O)O. The van der Waals surface area contributed by atoms with E-state index in [0.29, 0.717) is 0 Å². The summed E-state index contributed by atoms with van der Waals surface area (Å²) in [4.78, 5) is 22.7. The summed E-state index contributed by atoms with van der Waals surface area (Å²) in [6, 6.07) is 9.73. The Hall–Kier alpha value is -2.12. The van der Waals surface area contributed by atoms with Crippen molar-refractivity contribution in [3.8, 4) is 0 Å². The molecule has 3 rings (SSSR count). The van der Waals surface area contributed by atoms with E-state index in [1.165, 1.54) is 64.2 Å². The van der Waals surface area contributed by atoms with Crippen LogP contribution in [0.4, 0.5) is 4.79 Å².